The second-order valence-electron chi connectivity index (χ2n) is 7.90. The maximum absolute atomic E-state index is 12.7. The molecule has 0 saturated carbocycles. The van der Waals surface area contributed by atoms with Crippen LogP contribution in [0.5, 0.6) is 11.5 Å². The van der Waals surface area contributed by atoms with E-state index in [2.05, 4.69) is 0 Å². The van der Waals surface area contributed by atoms with Crippen LogP contribution in [0.2, 0.25) is 0 Å². The fourth-order valence-corrected chi connectivity index (χ4v) is 6.13. The lowest BCUT2D eigenvalue weighted by Gasteiger charge is -2.18. The first-order chi connectivity index (χ1) is 13.6. The van der Waals surface area contributed by atoms with Gasteiger partial charge in [-0.1, -0.05) is 12.1 Å². The number of ether oxygens (including phenoxy) is 1. The molecule has 7 nitrogen and oxygen atoms in total. The average Bonchev–Trinajstić information content (AvgIpc) is 3.29. The molecule has 0 radical (unpaired) electrons. The minimum atomic E-state index is -4.14. The molecule has 0 spiro atoms. The molecule has 0 aromatic heterocycles. The van der Waals surface area contributed by atoms with Crippen LogP contribution in [0.15, 0.2) is 52.3 Å². The number of para-hydroxylation sites is 1. The number of benzene rings is 2. The van der Waals surface area contributed by atoms with Crippen molar-refractivity contribution in [2.75, 3.05) is 13.1 Å². The molecule has 156 valence electrons. The molecule has 2 aromatic carbocycles. The smallest absolute Gasteiger partial charge is 0.339 e. The van der Waals surface area contributed by atoms with Gasteiger partial charge in [-0.15, -0.1) is 0 Å². The summed E-state index contributed by atoms with van der Waals surface area (Å²) in [7, 11) is -7.75. The topological polar surface area (TPSA) is 90.0 Å². The highest BCUT2D eigenvalue weighted by Gasteiger charge is 2.34. The Hall–Kier alpha value is -2.10. The number of hydrogen-bond donors (Lipinski definition) is 0. The highest BCUT2D eigenvalue weighted by molar-refractivity contribution is 7.89. The van der Waals surface area contributed by atoms with Crippen LogP contribution in [0.4, 0.5) is 0 Å². The molecule has 2 aliphatic rings. The van der Waals surface area contributed by atoms with Crippen LogP contribution in [0.3, 0.4) is 0 Å². The summed E-state index contributed by atoms with van der Waals surface area (Å²) in [6, 6.07) is 10.3. The van der Waals surface area contributed by atoms with Gasteiger partial charge in [-0.2, -0.15) is 12.7 Å². The molecule has 4 rings (SSSR count). The predicted octanol–water partition coefficient (Wildman–Crippen LogP) is 2.95. The third kappa shape index (κ3) is 3.86. The molecule has 2 heterocycles. The standard InChI is InChI=1S/C20H23NO6S2/c1-20(2)14-15-6-5-7-18(19(15)26-20)27-29(24,25)17-10-8-16(9-11-17)28(22,23)21-12-3-4-13-21/h5-11H,3-4,12-14H2,1-2H3. The lowest BCUT2D eigenvalue weighted by molar-refractivity contribution is 0.136. The zero-order valence-corrected chi connectivity index (χ0v) is 17.9. The van der Waals surface area contributed by atoms with Gasteiger partial charge < -0.3 is 8.92 Å². The van der Waals surface area contributed by atoms with Crippen molar-refractivity contribution in [2.45, 2.75) is 48.5 Å². The van der Waals surface area contributed by atoms with E-state index in [1.54, 1.807) is 12.1 Å². The number of sulfonamides is 1. The fraction of sp³-hybridized carbons (Fsp3) is 0.400. The van der Waals surface area contributed by atoms with Crippen molar-refractivity contribution < 1.29 is 25.8 Å². The van der Waals surface area contributed by atoms with E-state index >= 15 is 0 Å². The Bertz CT molecular complexity index is 1130. The Morgan fingerprint density at radius 1 is 0.931 bits per heavy atom. The van der Waals surface area contributed by atoms with Gasteiger partial charge in [0.05, 0.1) is 4.90 Å². The van der Waals surface area contributed by atoms with Crippen molar-refractivity contribution in [1.29, 1.82) is 0 Å². The number of rotatable bonds is 5. The van der Waals surface area contributed by atoms with E-state index < -0.39 is 25.7 Å². The van der Waals surface area contributed by atoms with Crippen LogP contribution in [0.25, 0.3) is 0 Å². The van der Waals surface area contributed by atoms with E-state index in [1.165, 1.54) is 28.6 Å². The van der Waals surface area contributed by atoms with Crippen molar-refractivity contribution in [3.05, 3.63) is 48.0 Å². The molecule has 1 fully saturated rings. The molecule has 1 saturated heterocycles. The van der Waals surface area contributed by atoms with Gasteiger partial charge in [0.15, 0.2) is 11.5 Å². The third-order valence-electron chi connectivity index (χ3n) is 5.07. The van der Waals surface area contributed by atoms with Crippen molar-refractivity contribution in [1.82, 2.24) is 4.31 Å². The predicted molar refractivity (Wildman–Crippen MR) is 107 cm³/mol. The largest absolute Gasteiger partial charge is 0.483 e. The lowest BCUT2D eigenvalue weighted by atomic mass is 10.0. The second-order valence-corrected chi connectivity index (χ2v) is 11.4. The first kappa shape index (κ1) is 20.2. The van der Waals surface area contributed by atoms with Crippen LogP contribution in [0.1, 0.15) is 32.3 Å². The van der Waals surface area contributed by atoms with Crippen LogP contribution in [0, 0.1) is 0 Å². The lowest BCUT2D eigenvalue weighted by Crippen LogP contribution is -2.27. The Balaban J connectivity index is 1.59. The molecule has 2 aliphatic heterocycles. The summed E-state index contributed by atoms with van der Waals surface area (Å²) < 4.78 is 63.3. The van der Waals surface area contributed by atoms with Gasteiger partial charge in [-0.25, -0.2) is 8.42 Å². The van der Waals surface area contributed by atoms with Crippen LogP contribution < -0.4 is 8.92 Å². The van der Waals surface area contributed by atoms with E-state index in [0.717, 1.165) is 18.4 Å². The summed E-state index contributed by atoms with van der Waals surface area (Å²) >= 11 is 0. The quantitative estimate of drug-likeness (QED) is 0.668. The molecule has 29 heavy (non-hydrogen) atoms. The van der Waals surface area contributed by atoms with E-state index in [9.17, 15) is 16.8 Å². The van der Waals surface area contributed by atoms with Gasteiger partial charge in [0.1, 0.15) is 10.5 Å². The van der Waals surface area contributed by atoms with Gasteiger partial charge in [0, 0.05) is 25.1 Å². The van der Waals surface area contributed by atoms with Crippen molar-refractivity contribution in [3.8, 4) is 11.5 Å². The minimum absolute atomic E-state index is 0.0732. The zero-order chi connectivity index (χ0) is 20.9. The number of hydrogen-bond acceptors (Lipinski definition) is 6. The average molecular weight is 438 g/mol. The van der Waals surface area contributed by atoms with E-state index in [4.69, 9.17) is 8.92 Å². The van der Waals surface area contributed by atoms with Gasteiger partial charge in [-0.05, 0) is 57.0 Å². The molecule has 9 heteroatoms. The molecule has 0 aliphatic carbocycles. The SMILES string of the molecule is CC1(C)Cc2cccc(OS(=O)(=O)c3ccc(S(=O)(=O)N4CCCC4)cc3)c2O1. The molecule has 2 aromatic rings. The maximum atomic E-state index is 12.7. The van der Waals surface area contributed by atoms with E-state index in [1.807, 2.05) is 19.9 Å². The Kier molecular flexibility index (Phi) is 4.87. The Morgan fingerprint density at radius 2 is 1.55 bits per heavy atom. The summed E-state index contributed by atoms with van der Waals surface area (Å²) in [6.07, 6.45) is 2.32. The Morgan fingerprint density at radius 3 is 2.21 bits per heavy atom. The summed E-state index contributed by atoms with van der Waals surface area (Å²) in [5.74, 6) is 0.552. The first-order valence-corrected chi connectivity index (χ1v) is 12.3. The molecule has 0 bridgehead atoms. The van der Waals surface area contributed by atoms with E-state index in [0.29, 0.717) is 25.3 Å². The van der Waals surface area contributed by atoms with Crippen molar-refractivity contribution >= 4 is 20.1 Å². The molecule has 0 N–H and O–H groups in total. The molecule has 0 amide bonds. The monoisotopic (exact) mass is 437 g/mol. The zero-order valence-electron chi connectivity index (χ0n) is 16.3. The normalized spacial score (nSPS) is 19.0. The number of nitrogens with zero attached hydrogens (tertiary/aromatic N) is 1. The first-order valence-electron chi connectivity index (χ1n) is 9.44. The van der Waals surface area contributed by atoms with Gasteiger partial charge in [0.2, 0.25) is 10.0 Å². The molecular weight excluding hydrogens is 414 g/mol. The summed E-state index contributed by atoms with van der Waals surface area (Å²) in [5, 5.41) is 0. The maximum Gasteiger partial charge on any atom is 0.339 e. The molecule has 0 atom stereocenters. The fourth-order valence-electron chi connectivity index (χ4n) is 3.68. The van der Waals surface area contributed by atoms with E-state index in [-0.39, 0.29) is 15.5 Å². The number of fused-ring (bicyclic) bond motifs is 1. The Labute approximate surface area is 171 Å². The highest BCUT2D eigenvalue weighted by atomic mass is 32.2. The highest BCUT2D eigenvalue weighted by Crippen LogP contribution is 2.42. The van der Waals surface area contributed by atoms with Crippen LogP contribution >= 0.6 is 0 Å². The van der Waals surface area contributed by atoms with Crippen molar-refractivity contribution in [3.63, 3.8) is 0 Å². The van der Waals surface area contributed by atoms with Gasteiger partial charge in [0.25, 0.3) is 0 Å². The molecule has 0 unspecified atom stereocenters. The van der Waals surface area contributed by atoms with Crippen molar-refractivity contribution in [2.24, 2.45) is 0 Å². The summed E-state index contributed by atoms with van der Waals surface area (Å²) in [5.41, 5.74) is 0.451. The van der Waals surface area contributed by atoms with Crippen LogP contribution in [-0.2, 0) is 26.6 Å². The summed E-state index contributed by atoms with van der Waals surface area (Å²) in [4.78, 5) is -0.0447. The molecular formula is C20H23NO6S2. The minimum Gasteiger partial charge on any atom is -0.483 e. The second kappa shape index (κ2) is 7.00. The van der Waals surface area contributed by atoms with Crippen LogP contribution in [-0.4, -0.2) is 39.8 Å². The van der Waals surface area contributed by atoms with Gasteiger partial charge in [-0.3, -0.25) is 0 Å². The van der Waals surface area contributed by atoms with Gasteiger partial charge >= 0.3 is 10.1 Å². The summed E-state index contributed by atoms with van der Waals surface area (Å²) in [6.45, 7) is 4.82. The third-order valence-corrected chi connectivity index (χ3v) is 8.23.